The molecule has 5 rings (SSSR count). The number of nitrogens with zero attached hydrogens (tertiary/aromatic N) is 3. The number of carbonyl (C=O) groups excluding carboxylic acids is 1. The third-order valence-electron chi connectivity index (χ3n) is 6.32. The maximum absolute atomic E-state index is 11.9. The van der Waals surface area contributed by atoms with Gasteiger partial charge in [0.05, 0.1) is 6.54 Å². The Bertz CT molecular complexity index is 1060. The Balaban J connectivity index is 1.44. The molecule has 146 valence electrons. The van der Waals surface area contributed by atoms with Gasteiger partial charge in [-0.1, -0.05) is 24.3 Å². The van der Waals surface area contributed by atoms with Crippen LogP contribution in [0.3, 0.4) is 0 Å². The number of rotatable bonds is 3. The molecule has 2 saturated heterocycles. The fraction of sp³-hybridized carbons (Fsp3) is 0.435. The van der Waals surface area contributed by atoms with Crippen LogP contribution in [0.5, 0.6) is 0 Å². The minimum Gasteiger partial charge on any atom is -0.440 e. The molecule has 0 radical (unpaired) electrons. The van der Waals surface area contributed by atoms with Crippen molar-refractivity contribution in [2.45, 2.75) is 38.5 Å². The largest absolute Gasteiger partial charge is 0.440 e. The minimum absolute atomic E-state index is 0.185. The Labute approximate surface area is 165 Å². The molecule has 1 spiro atoms. The van der Waals surface area contributed by atoms with E-state index in [0.717, 1.165) is 39.0 Å². The molecule has 3 heterocycles. The quantitative estimate of drug-likeness (QED) is 0.685. The molecule has 1 aromatic heterocycles. The monoisotopic (exact) mass is 377 g/mol. The molecule has 0 bridgehead atoms. The summed E-state index contributed by atoms with van der Waals surface area (Å²) in [5, 5.41) is 2.65. The number of aromatic nitrogens is 1. The van der Waals surface area contributed by atoms with E-state index in [1.54, 1.807) is 4.90 Å². The maximum atomic E-state index is 11.9. The molecule has 2 aromatic carbocycles. The Morgan fingerprint density at radius 1 is 1.07 bits per heavy atom. The van der Waals surface area contributed by atoms with Crippen LogP contribution in [0.2, 0.25) is 0 Å². The van der Waals surface area contributed by atoms with Crippen LogP contribution in [0, 0.1) is 0 Å². The molecule has 0 aliphatic carbocycles. The van der Waals surface area contributed by atoms with Crippen molar-refractivity contribution in [1.29, 1.82) is 0 Å². The van der Waals surface area contributed by atoms with Crippen LogP contribution in [-0.4, -0.2) is 52.7 Å². The number of hydrogen-bond donors (Lipinski definition) is 0. The van der Waals surface area contributed by atoms with Gasteiger partial charge in [-0.15, -0.1) is 0 Å². The molecule has 1 atom stereocenters. The van der Waals surface area contributed by atoms with Crippen LogP contribution in [0.1, 0.15) is 25.3 Å². The molecular formula is C23H27N3O2. The van der Waals surface area contributed by atoms with Gasteiger partial charge in [0.15, 0.2) is 0 Å². The van der Waals surface area contributed by atoms with Crippen molar-refractivity contribution in [1.82, 2.24) is 14.4 Å². The first-order chi connectivity index (χ1) is 13.6. The van der Waals surface area contributed by atoms with Crippen LogP contribution in [-0.2, 0) is 17.8 Å². The lowest BCUT2D eigenvalue weighted by atomic mass is 9.92. The van der Waals surface area contributed by atoms with Gasteiger partial charge in [0.1, 0.15) is 5.60 Å². The highest BCUT2D eigenvalue weighted by Crippen LogP contribution is 2.33. The fourth-order valence-electron chi connectivity index (χ4n) is 5.13. The second-order valence-corrected chi connectivity index (χ2v) is 8.33. The zero-order valence-electron chi connectivity index (χ0n) is 16.6. The van der Waals surface area contributed by atoms with E-state index in [-0.39, 0.29) is 11.7 Å². The second-order valence-electron chi connectivity index (χ2n) is 8.33. The number of fused-ring (bicyclic) bond motifs is 3. The molecule has 5 heteroatoms. The van der Waals surface area contributed by atoms with Crippen LogP contribution in [0.15, 0.2) is 42.5 Å². The Hall–Kier alpha value is -2.53. The molecule has 2 aliphatic heterocycles. The van der Waals surface area contributed by atoms with E-state index < -0.39 is 0 Å². The summed E-state index contributed by atoms with van der Waals surface area (Å²) in [7, 11) is 1.83. The fourth-order valence-corrected chi connectivity index (χ4v) is 5.13. The summed E-state index contributed by atoms with van der Waals surface area (Å²) < 4.78 is 8.14. The number of ether oxygens (including phenoxy) is 1. The molecule has 1 unspecified atom stereocenters. The van der Waals surface area contributed by atoms with E-state index >= 15 is 0 Å². The van der Waals surface area contributed by atoms with Gasteiger partial charge in [-0.3, -0.25) is 4.90 Å². The van der Waals surface area contributed by atoms with E-state index in [1.165, 1.54) is 27.4 Å². The number of aryl methyl sites for hydroxylation is 1. The average Bonchev–Trinajstić information content (AvgIpc) is 3.15. The van der Waals surface area contributed by atoms with Gasteiger partial charge in [0.2, 0.25) is 0 Å². The molecule has 3 aromatic rings. The van der Waals surface area contributed by atoms with Crippen LogP contribution >= 0.6 is 0 Å². The van der Waals surface area contributed by atoms with E-state index in [2.05, 4.69) is 58.9 Å². The molecule has 2 fully saturated rings. The first-order valence-corrected chi connectivity index (χ1v) is 10.2. The number of carbonyl (C=O) groups is 1. The molecule has 2 aliphatic rings. The van der Waals surface area contributed by atoms with E-state index in [4.69, 9.17) is 4.74 Å². The minimum atomic E-state index is -0.327. The number of benzene rings is 2. The van der Waals surface area contributed by atoms with Gasteiger partial charge < -0.3 is 14.2 Å². The summed E-state index contributed by atoms with van der Waals surface area (Å²) in [4.78, 5) is 16.0. The predicted octanol–water partition coefficient (Wildman–Crippen LogP) is 4.23. The molecule has 28 heavy (non-hydrogen) atoms. The van der Waals surface area contributed by atoms with Crippen molar-refractivity contribution in [3.8, 4) is 0 Å². The van der Waals surface area contributed by atoms with E-state index in [1.807, 2.05) is 7.05 Å². The van der Waals surface area contributed by atoms with Crippen molar-refractivity contribution in [3.63, 3.8) is 0 Å². The van der Waals surface area contributed by atoms with Crippen molar-refractivity contribution >= 4 is 27.9 Å². The lowest BCUT2D eigenvalue weighted by Gasteiger charge is -2.38. The molecule has 1 amide bonds. The Kier molecular flexibility index (Phi) is 4.09. The second kappa shape index (κ2) is 6.52. The maximum Gasteiger partial charge on any atom is 0.410 e. The number of amides is 1. The molecule has 0 N–H and O–H groups in total. The average molecular weight is 377 g/mol. The standard InChI is InChI=1S/C23H27N3O2/c1-3-26-20-8-5-4-7-18(20)19-13-17(9-10-21(19)26)14-25-12-6-11-23(16-25)15-24(2)22(27)28-23/h4-5,7-10,13H,3,6,11-12,14-16H2,1-2H3. The van der Waals surface area contributed by atoms with E-state index in [9.17, 15) is 4.79 Å². The SMILES string of the molecule is CCn1c2ccccc2c2cc(CN3CCCC4(C3)CN(C)C(=O)O4)ccc21. The smallest absolute Gasteiger partial charge is 0.410 e. The van der Waals surface area contributed by atoms with Crippen molar-refractivity contribution in [2.75, 3.05) is 26.7 Å². The summed E-state index contributed by atoms with van der Waals surface area (Å²) in [6, 6.07) is 15.5. The van der Waals surface area contributed by atoms with Gasteiger partial charge in [-0.25, -0.2) is 4.79 Å². The topological polar surface area (TPSA) is 37.7 Å². The summed E-state index contributed by atoms with van der Waals surface area (Å²) in [6.07, 6.45) is 1.84. The van der Waals surface area contributed by atoms with Gasteiger partial charge in [0, 0.05) is 48.5 Å². The number of likely N-dealkylation sites (N-methyl/N-ethyl adjacent to an activating group) is 1. The zero-order chi connectivity index (χ0) is 19.3. The zero-order valence-corrected chi connectivity index (χ0v) is 16.6. The summed E-state index contributed by atoms with van der Waals surface area (Å²) in [6.45, 7) is 6.63. The van der Waals surface area contributed by atoms with Crippen LogP contribution in [0.4, 0.5) is 4.79 Å². The lowest BCUT2D eigenvalue weighted by molar-refractivity contribution is -0.0113. The highest BCUT2D eigenvalue weighted by molar-refractivity contribution is 6.08. The van der Waals surface area contributed by atoms with Crippen molar-refractivity contribution in [2.24, 2.45) is 0 Å². The first kappa shape index (κ1) is 17.6. The molecular weight excluding hydrogens is 350 g/mol. The van der Waals surface area contributed by atoms with Crippen molar-refractivity contribution < 1.29 is 9.53 Å². The number of piperidine rings is 1. The normalized spacial score (nSPS) is 23.2. The Morgan fingerprint density at radius 3 is 2.68 bits per heavy atom. The van der Waals surface area contributed by atoms with Crippen molar-refractivity contribution in [3.05, 3.63) is 48.0 Å². The summed E-state index contributed by atoms with van der Waals surface area (Å²) in [5.74, 6) is 0. The first-order valence-electron chi connectivity index (χ1n) is 10.2. The van der Waals surface area contributed by atoms with Gasteiger partial charge in [0.25, 0.3) is 0 Å². The highest BCUT2D eigenvalue weighted by atomic mass is 16.6. The third-order valence-corrected chi connectivity index (χ3v) is 6.32. The van der Waals surface area contributed by atoms with Crippen LogP contribution in [0.25, 0.3) is 21.8 Å². The third kappa shape index (κ3) is 2.76. The Morgan fingerprint density at radius 2 is 1.89 bits per heavy atom. The summed E-state index contributed by atoms with van der Waals surface area (Å²) in [5.41, 5.74) is 3.59. The molecule has 0 saturated carbocycles. The van der Waals surface area contributed by atoms with E-state index in [0.29, 0.717) is 6.54 Å². The van der Waals surface area contributed by atoms with Gasteiger partial charge >= 0.3 is 6.09 Å². The lowest BCUT2D eigenvalue weighted by Crippen LogP contribution is -2.50. The number of para-hydroxylation sites is 1. The van der Waals surface area contributed by atoms with Crippen LogP contribution < -0.4 is 0 Å². The predicted molar refractivity (Wildman–Crippen MR) is 111 cm³/mol. The number of likely N-dealkylation sites (tertiary alicyclic amines) is 1. The highest BCUT2D eigenvalue weighted by Gasteiger charge is 2.46. The number of hydrogen-bond acceptors (Lipinski definition) is 3. The van der Waals surface area contributed by atoms with Gasteiger partial charge in [-0.2, -0.15) is 0 Å². The van der Waals surface area contributed by atoms with Gasteiger partial charge in [-0.05, 0) is 50.1 Å². The summed E-state index contributed by atoms with van der Waals surface area (Å²) >= 11 is 0. The molecule has 5 nitrogen and oxygen atoms in total.